The van der Waals surface area contributed by atoms with Crippen molar-refractivity contribution in [1.82, 2.24) is 10.2 Å². The van der Waals surface area contributed by atoms with Gasteiger partial charge in [0.25, 0.3) is 5.91 Å². The van der Waals surface area contributed by atoms with E-state index in [1.165, 1.54) is 12.1 Å². The lowest BCUT2D eigenvalue weighted by atomic mass is 9.79. The molecular formula is C20H21F3N2O2S. The van der Waals surface area contributed by atoms with E-state index in [0.717, 1.165) is 49.4 Å². The first-order valence-electron chi connectivity index (χ1n) is 9.31. The van der Waals surface area contributed by atoms with Crippen LogP contribution < -0.4 is 10.1 Å². The number of rotatable bonds is 4. The zero-order valence-corrected chi connectivity index (χ0v) is 16.1. The molecule has 5 rings (SSSR count). The number of halogens is 3. The van der Waals surface area contributed by atoms with Crippen molar-refractivity contribution in [3.63, 3.8) is 0 Å². The summed E-state index contributed by atoms with van der Waals surface area (Å²) in [4.78, 5) is 15.6. The monoisotopic (exact) mass is 410 g/mol. The molecule has 0 aliphatic carbocycles. The maximum atomic E-state index is 12.8. The van der Waals surface area contributed by atoms with E-state index in [0.29, 0.717) is 21.9 Å². The van der Waals surface area contributed by atoms with Gasteiger partial charge in [0.05, 0.1) is 10.4 Å². The second kappa shape index (κ2) is 7.40. The molecule has 0 saturated carbocycles. The molecule has 1 aromatic carbocycles. The highest BCUT2D eigenvalue weighted by molar-refractivity contribution is 7.15. The van der Waals surface area contributed by atoms with Gasteiger partial charge in [0.15, 0.2) is 5.06 Å². The minimum absolute atomic E-state index is 0.0923. The third kappa shape index (κ3) is 3.89. The summed E-state index contributed by atoms with van der Waals surface area (Å²) in [6.07, 6.45) is -2.22. The summed E-state index contributed by atoms with van der Waals surface area (Å²) in [7, 11) is 0. The van der Waals surface area contributed by atoms with Gasteiger partial charge in [-0.05, 0) is 69.1 Å². The van der Waals surface area contributed by atoms with Crippen molar-refractivity contribution in [2.24, 2.45) is 5.92 Å². The zero-order valence-electron chi connectivity index (χ0n) is 15.3. The Morgan fingerprint density at radius 2 is 1.96 bits per heavy atom. The number of nitrogens with zero attached hydrogens (tertiary/aromatic N) is 1. The van der Waals surface area contributed by atoms with E-state index in [4.69, 9.17) is 4.74 Å². The summed E-state index contributed by atoms with van der Waals surface area (Å²) in [5, 5.41) is 3.53. The number of nitrogens with one attached hydrogen (secondary N) is 1. The van der Waals surface area contributed by atoms with Crippen molar-refractivity contribution in [3.8, 4) is 10.8 Å². The molecule has 150 valence electrons. The second-order valence-electron chi connectivity index (χ2n) is 7.36. The molecule has 1 N–H and O–H groups in total. The van der Waals surface area contributed by atoms with Crippen molar-refractivity contribution in [3.05, 3.63) is 46.8 Å². The number of carbonyl (C=O) groups excluding carboxylic acids is 1. The fraction of sp³-hybridized carbons (Fsp3) is 0.450. The molecule has 4 heterocycles. The molecule has 4 nitrogen and oxygen atoms in total. The van der Waals surface area contributed by atoms with Crippen molar-refractivity contribution in [2.75, 3.05) is 13.1 Å². The van der Waals surface area contributed by atoms with Gasteiger partial charge in [0.2, 0.25) is 0 Å². The summed E-state index contributed by atoms with van der Waals surface area (Å²) >= 11 is 1.13. The highest BCUT2D eigenvalue weighted by Crippen LogP contribution is 2.35. The number of ether oxygens (including phenoxy) is 1. The molecule has 3 aliphatic heterocycles. The predicted octanol–water partition coefficient (Wildman–Crippen LogP) is 4.77. The minimum Gasteiger partial charge on any atom is -0.447 e. The van der Waals surface area contributed by atoms with Crippen molar-refractivity contribution >= 4 is 17.2 Å². The SMILES string of the molecule is CC1C(NC(=O)c2ccc(Oc3cccc(C(F)(F)F)c3)s2)C2CCN1CC2. The number of amides is 1. The number of piperidine rings is 3. The van der Waals surface area contributed by atoms with Crippen molar-refractivity contribution < 1.29 is 22.7 Å². The van der Waals surface area contributed by atoms with Crippen molar-refractivity contribution in [2.45, 2.75) is 38.0 Å². The van der Waals surface area contributed by atoms with Crippen LogP contribution in [0.3, 0.4) is 0 Å². The van der Waals surface area contributed by atoms with E-state index >= 15 is 0 Å². The summed E-state index contributed by atoms with van der Waals surface area (Å²) in [5.74, 6) is 0.439. The second-order valence-corrected chi connectivity index (χ2v) is 8.41. The molecule has 1 aromatic heterocycles. The number of alkyl halides is 3. The van der Waals surface area contributed by atoms with E-state index in [2.05, 4.69) is 17.1 Å². The van der Waals surface area contributed by atoms with Gasteiger partial charge >= 0.3 is 6.18 Å². The normalized spacial score (nSPS) is 26.9. The molecule has 3 saturated heterocycles. The molecule has 28 heavy (non-hydrogen) atoms. The van der Waals surface area contributed by atoms with Gasteiger partial charge in [0, 0.05) is 12.1 Å². The van der Waals surface area contributed by atoms with Crippen LogP contribution in [0, 0.1) is 5.92 Å². The first kappa shape index (κ1) is 19.3. The third-order valence-electron chi connectivity index (χ3n) is 5.66. The topological polar surface area (TPSA) is 41.6 Å². The highest BCUT2D eigenvalue weighted by Gasteiger charge is 2.40. The lowest BCUT2D eigenvalue weighted by molar-refractivity contribution is -0.137. The molecule has 2 atom stereocenters. The van der Waals surface area contributed by atoms with Gasteiger partial charge in [-0.1, -0.05) is 17.4 Å². The maximum absolute atomic E-state index is 12.8. The zero-order chi connectivity index (χ0) is 19.9. The van der Waals surface area contributed by atoms with Crippen LogP contribution in [0.15, 0.2) is 36.4 Å². The Bertz CT molecular complexity index is 857. The highest BCUT2D eigenvalue weighted by atomic mass is 32.1. The van der Waals surface area contributed by atoms with Crippen molar-refractivity contribution in [1.29, 1.82) is 0 Å². The molecule has 8 heteroatoms. The van der Waals surface area contributed by atoms with Crippen LogP contribution in [0.2, 0.25) is 0 Å². The van der Waals surface area contributed by atoms with Crippen LogP contribution in [-0.4, -0.2) is 36.0 Å². The van der Waals surface area contributed by atoms with Crippen LogP contribution in [0.4, 0.5) is 13.2 Å². The molecule has 0 radical (unpaired) electrons. The lowest BCUT2D eigenvalue weighted by Crippen LogP contribution is -2.62. The van der Waals surface area contributed by atoms with Gasteiger partial charge in [-0.2, -0.15) is 13.2 Å². The number of hydrogen-bond donors (Lipinski definition) is 1. The fourth-order valence-corrected chi connectivity index (χ4v) is 4.90. The Hall–Kier alpha value is -2.06. The fourth-order valence-electron chi connectivity index (χ4n) is 4.12. The molecule has 2 aromatic rings. The number of fused-ring (bicyclic) bond motifs is 3. The van der Waals surface area contributed by atoms with Gasteiger partial charge < -0.3 is 10.1 Å². The first-order valence-corrected chi connectivity index (χ1v) is 10.1. The average molecular weight is 410 g/mol. The van der Waals surface area contributed by atoms with E-state index in [9.17, 15) is 18.0 Å². The van der Waals surface area contributed by atoms with Crippen LogP contribution in [-0.2, 0) is 6.18 Å². The Morgan fingerprint density at radius 3 is 2.64 bits per heavy atom. The van der Waals surface area contributed by atoms with E-state index < -0.39 is 11.7 Å². The molecule has 3 fully saturated rings. The van der Waals surface area contributed by atoms with E-state index in [-0.39, 0.29) is 17.7 Å². The molecule has 2 bridgehead atoms. The number of hydrogen-bond acceptors (Lipinski definition) is 4. The van der Waals surface area contributed by atoms with Gasteiger partial charge in [-0.3, -0.25) is 9.69 Å². The average Bonchev–Trinajstić information content (AvgIpc) is 3.13. The van der Waals surface area contributed by atoms with Crippen LogP contribution in [0.25, 0.3) is 0 Å². The molecule has 0 spiro atoms. The maximum Gasteiger partial charge on any atom is 0.416 e. The third-order valence-corrected chi connectivity index (χ3v) is 6.62. The standard InChI is InChI=1S/C20H21F3N2O2S/c1-12-18(13-7-9-25(12)10-8-13)24-19(26)16-5-6-17(28-16)27-15-4-2-3-14(11-15)20(21,22)23/h2-6,11-13,18H,7-10H2,1H3,(H,24,26). The van der Waals surface area contributed by atoms with Gasteiger partial charge in [-0.15, -0.1) is 0 Å². The molecule has 1 amide bonds. The number of carbonyl (C=O) groups is 1. The smallest absolute Gasteiger partial charge is 0.416 e. The summed E-state index contributed by atoms with van der Waals surface area (Å²) < 4.78 is 44.0. The van der Waals surface area contributed by atoms with Crippen LogP contribution in [0.1, 0.15) is 35.0 Å². The number of benzene rings is 1. The predicted molar refractivity (Wildman–Crippen MR) is 101 cm³/mol. The summed E-state index contributed by atoms with van der Waals surface area (Å²) in [6, 6.07) is 8.41. The largest absolute Gasteiger partial charge is 0.447 e. The Kier molecular flexibility index (Phi) is 5.09. The summed E-state index contributed by atoms with van der Waals surface area (Å²) in [6.45, 7) is 4.32. The molecule has 2 unspecified atom stereocenters. The Morgan fingerprint density at radius 1 is 1.21 bits per heavy atom. The molecule has 3 aliphatic rings. The Balaban J connectivity index is 1.42. The molecular weight excluding hydrogens is 389 g/mol. The number of thiophene rings is 1. The summed E-state index contributed by atoms with van der Waals surface area (Å²) in [5.41, 5.74) is -0.768. The first-order chi connectivity index (χ1) is 13.3. The Labute approximate surface area is 165 Å². The minimum atomic E-state index is -4.42. The van der Waals surface area contributed by atoms with Gasteiger partial charge in [0.1, 0.15) is 5.75 Å². The van der Waals surface area contributed by atoms with E-state index in [1.807, 2.05) is 0 Å². The van der Waals surface area contributed by atoms with Crippen LogP contribution in [0.5, 0.6) is 10.8 Å². The quantitative estimate of drug-likeness (QED) is 0.789. The van der Waals surface area contributed by atoms with E-state index in [1.54, 1.807) is 12.1 Å². The van der Waals surface area contributed by atoms with Crippen LogP contribution >= 0.6 is 11.3 Å². The lowest BCUT2D eigenvalue weighted by Gasteiger charge is -2.49. The van der Waals surface area contributed by atoms with Gasteiger partial charge in [-0.25, -0.2) is 0 Å².